The highest BCUT2D eigenvalue weighted by molar-refractivity contribution is 8.26. The number of carbonyl (C=O) groups excluding carboxylic acids is 1. The van der Waals surface area contributed by atoms with Gasteiger partial charge in [0.1, 0.15) is 27.5 Å². The maximum Gasteiger partial charge on any atom is 0.270 e. The van der Waals surface area contributed by atoms with Crippen LogP contribution < -0.4 is 15.6 Å². The Balaban J connectivity index is 1.94. The number of pyridine rings is 1. The number of rotatable bonds is 14. The third-order valence-corrected chi connectivity index (χ3v) is 8.20. The summed E-state index contributed by atoms with van der Waals surface area (Å²) in [4.78, 5) is 28.8. The number of nitrogens with one attached hydrogen (secondary N) is 1. The molecule has 1 amide bonds. The van der Waals surface area contributed by atoms with Gasteiger partial charge in [-0.3, -0.25) is 19.1 Å². The van der Waals surface area contributed by atoms with Crippen molar-refractivity contribution in [1.82, 2.24) is 9.47 Å². The van der Waals surface area contributed by atoms with Crippen LogP contribution in [0.4, 0.5) is 5.82 Å². The van der Waals surface area contributed by atoms with E-state index in [0.29, 0.717) is 52.2 Å². The Morgan fingerprint density at radius 3 is 2.38 bits per heavy atom. The monoisotopic (exact) mass is 566 g/mol. The number of ether oxygens (including phenoxy) is 1. The van der Waals surface area contributed by atoms with Gasteiger partial charge in [0.15, 0.2) is 0 Å². The molecule has 9 heteroatoms. The highest BCUT2D eigenvalue weighted by atomic mass is 32.2. The minimum Gasteiger partial charge on any atom is -0.497 e. The van der Waals surface area contributed by atoms with Crippen molar-refractivity contribution in [2.45, 2.75) is 78.8 Å². The molecule has 3 rings (SSSR count). The maximum atomic E-state index is 13.4. The van der Waals surface area contributed by atoms with Crippen LogP contribution in [0.1, 0.15) is 81.0 Å². The molecule has 0 saturated carbocycles. The molecule has 0 bridgehead atoms. The number of nitrogens with zero attached hydrogens (tertiary/aromatic N) is 3. The number of thiocarbonyl (C=S) groups is 1. The van der Waals surface area contributed by atoms with E-state index < -0.39 is 0 Å². The average molecular weight is 567 g/mol. The highest BCUT2D eigenvalue weighted by Crippen LogP contribution is 2.35. The van der Waals surface area contributed by atoms with Crippen LogP contribution in [0.15, 0.2) is 34.0 Å². The molecule has 0 aliphatic carbocycles. The third-order valence-electron chi connectivity index (χ3n) is 6.83. The lowest BCUT2D eigenvalue weighted by Gasteiger charge is -2.20. The lowest BCUT2D eigenvalue weighted by atomic mass is 10.0. The van der Waals surface area contributed by atoms with Crippen LogP contribution in [0.5, 0.6) is 5.75 Å². The fraction of sp³-hybridized carbons (Fsp3) is 0.467. The second-order valence-corrected chi connectivity index (χ2v) is 11.3. The van der Waals surface area contributed by atoms with Gasteiger partial charge in [-0.15, -0.1) is 0 Å². The molecule has 2 heterocycles. The predicted octanol–water partition coefficient (Wildman–Crippen LogP) is 6.62. The summed E-state index contributed by atoms with van der Waals surface area (Å²) in [6.07, 6.45) is 9.31. The molecule has 208 valence electrons. The number of aromatic nitrogens is 1. The van der Waals surface area contributed by atoms with Crippen molar-refractivity contribution in [3.05, 3.63) is 61.8 Å². The van der Waals surface area contributed by atoms with Crippen LogP contribution in [-0.2, 0) is 17.9 Å². The van der Waals surface area contributed by atoms with Crippen molar-refractivity contribution in [2.24, 2.45) is 0 Å². The van der Waals surface area contributed by atoms with Gasteiger partial charge in [0.25, 0.3) is 11.5 Å². The van der Waals surface area contributed by atoms with Crippen molar-refractivity contribution >= 4 is 46.1 Å². The normalized spacial score (nSPS) is 14.2. The number of methoxy groups -OCH3 is 1. The average Bonchev–Trinajstić information content (AvgIpc) is 3.20. The van der Waals surface area contributed by atoms with E-state index in [1.807, 2.05) is 31.2 Å². The standard InChI is InChI=1S/C30H38N4O3S2/c1-5-7-8-9-10-11-17-34-29(36)26(39-30(34)38)18-24-21(3)25(19-31)28(35)33(16-6-2)27(24)32-20-22-12-14-23(37-4)15-13-22/h12-15,18,32H,5-11,16-17,20H2,1-4H3/b26-18+. The quantitative estimate of drug-likeness (QED) is 0.156. The topological polar surface area (TPSA) is 87.4 Å². The van der Waals surface area contributed by atoms with Gasteiger partial charge < -0.3 is 10.1 Å². The van der Waals surface area contributed by atoms with Gasteiger partial charge in [0, 0.05) is 25.2 Å². The molecule has 0 radical (unpaired) electrons. The lowest BCUT2D eigenvalue weighted by molar-refractivity contribution is -0.122. The molecule has 1 fully saturated rings. The number of amides is 1. The number of benzene rings is 1. The zero-order valence-corrected chi connectivity index (χ0v) is 25.0. The first-order chi connectivity index (χ1) is 18.9. The molecule has 0 unspecified atom stereocenters. The summed E-state index contributed by atoms with van der Waals surface area (Å²) >= 11 is 6.84. The van der Waals surface area contributed by atoms with E-state index in [1.165, 1.54) is 31.0 Å². The van der Waals surface area contributed by atoms with Crippen LogP contribution in [0.3, 0.4) is 0 Å². The van der Waals surface area contributed by atoms with Crippen molar-refractivity contribution in [2.75, 3.05) is 19.0 Å². The summed E-state index contributed by atoms with van der Waals surface area (Å²) in [5, 5.41) is 13.2. The Labute approximate surface area is 241 Å². The van der Waals surface area contributed by atoms with Gasteiger partial charge in [0.2, 0.25) is 0 Å². The number of hydrogen-bond acceptors (Lipinski definition) is 7. The third kappa shape index (κ3) is 7.52. The molecule has 0 atom stereocenters. The smallest absolute Gasteiger partial charge is 0.270 e. The predicted molar refractivity (Wildman–Crippen MR) is 164 cm³/mol. The fourth-order valence-electron chi connectivity index (χ4n) is 4.59. The molecule has 1 N–H and O–H groups in total. The number of carbonyl (C=O) groups is 1. The molecule has 39 heavy (non-hydrogen) atoms. The van der Waals surface area contributed by atoms with E-state index in [2.05, 4.69) is 18.3 Å². The van der Waals surface area contributed by atoms with Crippen LogP contribution in [0, 0.1) is 18.3 Å². The van der Waals surface area contributed by atoms with Crippen LogP contribution in [-0.4, -0.2) is 33.3 Å². The first kappa shape index (κ1) is 30.5. The SMILES string of the molecule is CCCCCCCCN1C(=O)/C(=C\c2c(C)c(C#N)c(=O)n(CCC)c2NCc2ccc(OC)cc2)SC1=S. The van der Waals surface area contributed by atoms with Gasteiger partial charge in [-0.05, 0) is 49.1 Å². The second kappa shape index (κ2) is 14.9. The molecule has 1 aliphatic heterocycles. The van der Waals surface area contributed by atoms with Gasteiger partial charge in [-0.2, -0.15) is 5.26 Å². The Kier molecular flexibility index (Phi) is 11.6. The molecule has 7 nitrogen and oxygen atoms in total. The molecule has 0 spiro atoms. The molecule has 2 aromatic rings. The summed E-state index contributed by atoms with van der Waals surface area (Å²) in [7, 11) is 1.62. The van der Waals surface area contributed by atoms with Gasteiger partial charge in [-0.1, -0.05) is 82.1 Å². The molecule has 1 aromatic heterocycles. The number of thioether (sulfide) groups is 1. The van der Waals surface area contributed by atoms with E-state index in [9.17, 15) is 14.9 Å². The molecular formula is C30H38N4O3S2. The summed E-state index contributed by atoms with van der Waals surface area (Å²) in [6, 6.07) is 9.77. The minimum absolute atomic E-state index is 0.0901. The van der Waals surface area contributed by atoms with E-state index in [4.69, 9.17) is 17.0 Å². The molecule has 1 aliphatic rings. The fourth-order valence-corrected chi connectivity index (χ4v) is 5.88. The van der Waals surface area contributed by atoms with Crippen molar-refractivity contribution in [3.63, 3.8) is 0 Å². The van der Waals surface area contributed by atoms with Gasteiger partial charge >= 0.3 is 0 Å². The van der Waals surface area contributed by atoms with Crippen molar-refractivity contribution < 1.29 is 9.53 Å². The Morgan fingerprint density at radius 2 is 1.74 bits per heavy atom. The number of nitriles is 1. The van der Waals surface area contributed by atoms with Crippen LogP contribution in [0.2, 0.25) is 0 Å². The van der Waals surface area contributed by atoms with E-state index in [1.54, 1.807) is 29.6 Å². The van der Waals surface area contributed by atoms with Crippen LogP contribution >= 0.6 is 24.0 Å². The van der Waals surface area contributed by atoms with E-state index in [0.717, 1.165) is 30.6 Å². The number of anilines is 1. The van der Waals surface area contributed by atoms with Crippen LogP contribution in [0.25, 0.3) is 6.08 Å². The summed E-state index contributed by atoms with van der Waals surface area (Å²) in [5.41, 5.74) is 1.97. The van der Waals surface area contributed by atoms with E-state index >= 15 is 0 Å². The molecular weight excluding hydrogens is 528 g/mol. The van der Waals surface area contributed by atoms with Crippen molar-refractivity contribution in [3.8, 4) is 11.8 Å². The zero-order chi connectivity index (χ0) is 28.4. The maximum absolute atomic E-state index is 13.4. The molecule has 1 aromatic carbocycles. The summed E-state index contributed by atoms with van der Waals surface area (Å²) in [5.74, 6) is 1.24. The molecule has 1 saturated heterocycles. The number of unbranched alkanes of at least 4 members (excludes halogenated alkanes) is 5. The Bertz CT molecular complexity index is 1310. The number of hydrogen-bond donors (Lipinski definition) is 1. The zero-order valence-electron chi connectivity index (χ0n) is 23.3. The van der Waals surface area contributed by atoms with E-state index in [-0.39, 0.29) is 17.0 Å². The lowest BCUT2D eigenvalue weighted by Crippen LogP contribution is -2.29. The largest absolute Gasteiger partial charge is 0.497 e. The highest BCUT2D eigenvalue weighted by Gasteiger charge is 2.32. The Morgan fingerprint density at radius 1 is 1.05 bits per heavy atom. The Hall–Kier alpha value is -3.09. The minimum atomic E-state index is -0.332. The first-order valence-electron chi connectivity index (χ1n) is 13.7. The summed E-state index contributed by atoms with van der Waals surface area (Å²) in [6.45, 7) is 7.45. The van der Waals surface area contributed by atoms with Gasteiger partial charge in [0.05, 0.1) is 12.0 Å². The second-order valence-electron chi connectivity index (χ2n) is 9.63. The van der Waals surface area contributed by atoms with Crippen molar-refractivity contribution in [1.29, 1.82) is 5.26 Å². The first-order valence-corrected chi connectivity index (χ1v) is 14.9. The van der Waals surface area contributed by atoms with Gasteiger partial charge in [-0.25, -0.2) is 0 Å². The summed E-state index contributed by atoms with van der Waals surface area (Å²) < 4.78 is 7.41.